The molecule has 1 aromatic rings. The van der Waals surface area contributed by atoms with Gasteiger partial charge in [0.2, 0.25) is 0 Å². The molecule has 1 fully saturated rings. The predicted molar refractivity (Wildman–Crippen MR) is 84.2 cm³/mol. The Labute approximate surface area is 127 Å². The van der Waals surface area contributed by atoms with Crippen LogP contribution in [-0.2, 0) is 16.0 Å². The van der Waals surface area contributed by atoms with Gasteiger partial charge in [-0.2, -0.15) is 0 Å². The minimum absolute atomic E-state index is 0.440. The Bertz CT molecular complexity index is 471. The van der Waals surface area contributed by atoms with E-state index >= 15 is 0 Å². The Morgan fingerprint density at radius 2 is 2.10 bits per heavy atom. The number of benzene rings is 1. The van der Waals surface area contributed by atoms with Gasteiger partial charge in [0.15, 0.2) is 0 Å². The quantitative estimate of drug-likeness (QED) is 0.593. The maximum atomic E-state index is 5.77. The molecule has 0 aliphatic carbocycles. The van der Waals surface area contributed by atoms with E-state index < -0.39 is 0 Å². The Balaban J connectivity index is 1.66. The number of nitrogens with zero attached hydrogens (tertiary/aromatic N) is 1. The van der Waals surface area contributed by atoms with Crippen LogP contribution in [0.4, 0.5) is 0 Å². The number of ether oxygens (including phenoxy) is 2. The first-order valence-electron chi connectivity index (χ1n) is 7.92. The molecular formula is C18H25NO2. The highest BCUT2D eigenvalue weighted by Crippen LogP contribution is 2.30. The van der Waals surface area contributed by atoms with Gasteiger partial charge in [0, 0.05) is 26.3 Å². The Morgan fingerprint density at radius 3 is 2.86 bits per heavy atom. The van der Waals surface area contributed by atoms with Gasteiger partial charge < -0.3 is 9.47 Å². The third kappa shape index (κ3) is 3.73. The SMILES string of the molecule is COCCCC1=CC2COCC(C1)N2Cc1ccccc1. The monoisotopic (exact) mass is 287 g/mol. The van der Waals surface area contributed by atoms with Crippen molar-refractivity contribution in [3.8, 4) is 0 Å². The molecule has 0 amide bonds. The minimum Gasteiger partial charge on any atom is -0.385 e. The zero-order valence-corrected chi connectivity index (χ0v) is 12.8. The fourth-order valence-corrected chi connectivity index (χ4v) is 3.42. The maximum absolute atomic E-state index is 5.77. The topological polar surface area (TPSA) is 21.7 Å². The summed E-state index contributed by atoms with van der Waals surface area (Å²) in [6.45, 7) is 3.58. The van der Waals surface area contributed by atoms with E-state index in [-0.39, 0.29) is 0 Å². The Hall–Kier alpha value is -1.16. The molecule has 0 radical (unpaired) electrons. The van der Waals surface area contributed by atoms with Gasteiger partial charge in [0.25, 0.3) is 0 Å². The van der Waals surface area contributed by atoms with Gasteiger partial charge >= 0.3 is 0 Å². The van der Waals surface area contributed by atoms with Crippen LogP contribution in [0.1, 0.15) is 24.8 Å². The lowest BCUT2D eigenvalue weighted by Gasteiger charge is -2.45. The molecule has 0 saturated carbocycles. The number of hydrogen-bond acceptors (Lipinski definition) is 3. The second kappa shape index (κ2) is 7.21. The molecular weight excluding hydrogens is 262 g/mol. The Kier molecular flexibility index (Phi) is 5.07. The van der Waals surface area contributed by atoms with Crippen LogP contribution >= 0.6 is 0 Å². The average Bonchev–Trinajstić information content (AvgIpc) is 2.49. The van der Waals surface area contributed by atoms with E-state index in [9.17, 15) is 0 Å². The van der Waals surface area contributed by atoms with Crippen molar-refractivity contribution < 1.29 is 9.47 Å². The normalized spacial score (nSPS) is 25.7. The molecule has 1 saturated heterocycles. The summed E-state index contributed by atoms with van der Waals surface area (Å²) in [6, 6.07) is 11.7. The molecule has 0 N–H and O–H groups in total. The summed E-state index contributed by atoms with van der Waals surface area (Å²) in [5.41, 5.74) is 2.99. The van der Waals surface area contributed by atoms with E-state index in [1.54, 1.807) is 12.7 Å². The number of rotatable bonds is 6. The molecule has 2 unspecified atom stereocenters. The first-order chi connectivity index (χ1) is 10.4. The summed E-state index contributed by atoms with van der Waals surface area (Å²) >= 11 is 0. The lowest BCUT2D eigenvalue weighted by molar-refractivity contribution is -0.0443. The van der Waals surface area contributed by atoms with Crippen LogP contribution in [0.3, 0.4) is 0 Å². The fourth-order valence-electron chi connectivity index (χ4n) is 3.42. The lowest BCUT2D eigenvalue weighted by atomic mass is 9.91. The zero-order chi connectivity index (χ0) is 14.5. The van der Waals surface area contributed by atoms with Crippen molar-refractivity contribution in [2.45, 2.75) is 37.9 Å². The standard InChI is InChI=1S/C18H25NO2/c1-20-9-5-8-16-10-17-13-21-14-18(11-16)19(17)12-15-6-3-2-4-7-15/h2-4,6-7,10,17-18H,5,8-9,11-14H2,1H3. The van der Waals surface area contributed by atoms with Gasteiger partial charge in [-0.15, -0.1) is 0 Å². The fraction of sp³-hybridized carbons (Fsp3) is 0.556. The van der Waals surface area contributed by atoms with Crippen molar-refractivity contribution >= 4 is 0 Å². The smallest absolute Gasteiger partial charge is 0.0658 e. The van der Waals surface area contributed by atoms with Crippen molar-refractivity contribution in [3.05, 3.63) is 47.5 Å². The molecule has 0 aromatic heterocycles. The van der Waals surface area contributed by atoms with Crippen molar-refractivity contribution in [1.29, 1.82) is 0 Å². The second-order valence-electron chi connectivity index (χ2n) is 6.04. The van der Waals surface area contributed by atoms with Gasteiger partial charge in [-0.1, -0.05) is 42.0 Å². The van der Waals surface area contributed by atoms with E-state index in [1.807, 2.05) is 0 Å². The second-order valence-corrected chi connectivity index (χ2v) is 6.04. The Morgan fingerprint density at radius 1 is 1.24 bits per heavy atom. The molecule has 3 rings (SSSR count). The summed E-state index contributed by atoms with van der Waals surface area (Å²) in [4.78, 5) is 2.61. The number of fused-ring (bicyclic) bond motifs is 2. The van der Waals surface area contributed by atoms with Gasteiger partial charge in [0.05, 0.1) is 19.3 Å². The summed E-state index contributed by atoms with van der Waals surface area (Å²) < 4.78 is 10.9. The highest BCUT2D eigenvalue weighted by molar-refractivity contribution is 5.19. The van der Waals surface area contributed by atoms with Gasteiger partial charge in [-0.3, -0.25) is 4.90 Å². The number of hydrogen-bond donors (Lipinski definition) is 0. The van der Waals surface area contributed by atoms with Gasteiger partial charge in [-0.25, -0.2) is 0 Å². The van der Waals surface area contributed by atoms with Crippen LogP contribution in [0.5, 0.6) is 0 Å². The summed E-state index contributed by atoms with van der Waals surface area (Å²) in [5.74, 6) is 0. The molecule has 3 nitrogen and oxygen atoms in total. The largest absolute Gasteiger partial charge is 0.385 e. The van der Waals surface area contributed by atoms with E-state index in [0.29, 0.717) is 12.1 Å². The molecule has 114 valence electrons. The minimum atomic E-state index is 0.440. The third-order valence-corrected chi connectivity index (χ3v) is 4.47. The summed E-state index contributed by atoms with van der Waals surface area (Å²) in [7, 11) is 1.78. The molecule has 2 aliphatic heterocycles. The van der Waals surface area contributed by atoms with Crippen molar-refractivity contribution in [1.82, 2.24) is 4.90 Å². The van der Waals surface area contributed by atoms with Crippen molar-refractivity contribution in [2.75, 3.05) is 26.9 Å². The van der Waals surface area contributed by atoms with Crippen LogP contribution in [0.2, 0.25) is 0 Å². The molecule has 3 heteroatoms. The predicted octanol–water partition coefficient (Wildman–Crippen LogP) is 3.01. The van der Waals surface area contributed by atoms with Crippen molar-refractivity contribution in [2.24, 2.45) is 0 Å². The average molecular weight is 287 g/mol. The molecule has 1 aromatic carbocycles. The van der Waals surface area contributed by atoms with E-state index in [4.69, 9.17) is 9.47 Å². The lowest BCUT2D eigenvalue weighted by Crippen LogP contribution is -2.53. The van der Waals surface area contributed by atoms with Crippen LogP contribution in [0.25, 0.3) is 0 Å². The molecule has 2 heterocycles. The third-order valence-electron chi connectivity index (χ3n) is 4.47. The van der Waals surface area contributed by atoms with E-state index in [1.165, 1.54) is 12.0 Å². The van der Waals surface area contributed by atoms with Crippen LogP contribution in [0.15, 0.2) is 42.0 Å². The van der Waals surface area contributed by atoms with Crippen molar-refractivity contribution in [3.63, 3.8) is 0 Å². The van der Waals surface area contributed by atoms with E-state index in [0.717, 1.165) is 39.2 Å². The van der Waals surface area contributed by atoms with Gasteiger partial charge in [0.1, 0.15) is 0 Å². The molecule has 2 bridgehead atoms. The molecule has 21 heavy (non-hydrogen) atoms. The summed E-state index contributed by atoms with van der Waals surface area (Å²) in [5, 5.41) is 0. The number of morpholine rings is 1. The van der Waals surface area contributed by atoms with E-state index in [2.05, 4.69) is 41.3 Å². The zero-order valence-electron chi connectivity index (χ0n) is 12.8. The molecule has 2 aliphatic rings. The molecule has 0 spiro atoms. The van der Waals surface area contributed by atoms with Gasteiger partial charge in [-0.05, 0) is 24.8 Å². The first-order valence-corrected chi connectivity index (χ1v) is 7.92. The molecule has 2 atom stereocenters. The number of methoxy groups -OCH3 is 1. The van der Waals surface area contributed by atoms with Crippen LogP contribution < -0.4 is 0 Å². The highest BCUT2D eigenvalue weighted by atomic mass is 16.5. The summed E-state index contributed by atoms with van der Waals surface area (Å²) in [6.07, 6.45) is 5.88. The maximum Gasteiger partial charge on any atom is 0.0658 e. The first kappa shape index (κ1) is 14.8. The van der Waals surface area contributed by atoms with Crippen LogP contribution in [-0.4, -0.2) is 43.9 Å². The highest BCUT2D eigenvalue weighted by Gasteiger charge is 2.34. The van der Waals surface area contributed by atoms with Crippen LogP contribution in [0, 0.1) is 0 Å².